The van der Waals surface area contributed by atoms with Gasteiger partial charge in [0.15, 0.2) is 0 Å². The quantitative estimate of drug-likeness (QED) is 0.815. The van der Waals surface area contributed by atoms with Crippen LogP contribution in [-0.4, -0.2) is 40.5 Å². The van der Waals surface area contributed by atoms with Gasteiger partial charge in [0.25, 0.3) is 0 Å². The van der Waals surface area contributed by atoms with Gasteiger partial charge < -0.3 is 5.11 Å². The van der Waals surface area contributed by atoms with Crippen LogP contribution in [0.5, 0.6) is 0 Å². The highest BCUT2D eigenvalue weighted by Gasteiger charge is 2.39. The molecule has 0 bridgehead atoms. The Hall–Kier alpha value is -0.410. The summed E-state index contributed by atoms with van der Waals surface area (Å²) in [7, 11) is 0. The molecule has 0 spiro atoms. The van der Waals surface area contributed by atoms with Crippen LogP contribution in [0.25, 0.3) is 0 Å². The van der Waals surface area contributed by atoms with Crippen molar-refractivity contribution in [3.05, 3.63) is 0 Å². The standard InChI is InChI=1S/C14H25NO2/c1-3-14(2,17)10-15-9-5-7-12(15)11-6-4-8-13(11)16/h11-12,17H,3-10H2,1-2H3. The zero-order valence-corrected chi connectivity index (χ0v) is 11.1. The lowest BCUT2D eigenvalue weighted by Crippen LogP contribution is -2.46. The van der Waals surface area contributed by atoms with E-state index in [2.05, 4.69) is 4.90 Å². The number of aliphatic hydroxyl groups is 1. The van der Waals surface area contributed by atoms with Crippen LogP contribution in [0.4, 0.5) is 0 Å². The minimum Gasteiger partial charge on any atom is -0.389 e. The third-order valence-corrected chi connectivity index (χ3v) is 4.54. The highest BCUT2D eigenvalue weighted by Crippen LogP contribution is 2.34. The number of likely N-dealkylation sites (tertiary alicyclic amines) is 1. The van der Waals surface area contributed by atoms with Crippen LogP contribution in [0.3, 0.4) is 0 Å². The molecule has 1 aliphatic heterocycles. The summed E-state index contributed by atoms with van der Waals surface area (Å²) in [4.78, 5) is 14.2. The van der Waals surface area contributed by atoms with E-state index in [-0.39, 0.29) is 5.92 Å². The molecule has 1 N–H and O–H groups in total. The summed E-state index contributed by atoms with van der Waals surface area (Å²) < 4.78 is 0. The molecule has 1 heterocycles. The first-order valence-electron chi connectivity index (χ1n) is 7.02. The monoisotopic (exact) mass is 239 g/mol. The van der Waals surface area contributed by atoms with E-state index >= 15 is 0 Å². The summed E-state index contributed by atoms with van der Waals surface area (Å²) >= 11 is 0. The first-order valence-corrected chi connectivity index (χ1v) is 7.02. The number of ketones is 1. The van der Waals surface area contributed by atoms with Crippen molar-refractivity contribution in [3.63, 3.8) is 0 Å². The minimum absolute atomic E-state index is 0.255. The van der Waals surface area contributed by atoms with E-state index in [1.165, 1.54) is 6.42 Å². The molecule has 0 amide bonds. The molecule has 0 aromatic rings. The van der Waals surface area contributed by atoms with Gasteiger partial charge in [0.1, 0.15) is 5.78 Å². The normalized spacial score (nSPS) is 34.2. The maximum Gasteiger partial charge on any atom is 0.137 e. The van der Waals surface area contributed by atoms with Crippen LogP contribution < -0.4 is 0 Å². The van der Waals surface area contributed by atoms with Gasteiger partial charge in [0.2, 0.25) is 0 Å². The predicted molar refractivity (Wildman–Crippen MR) is 67.9 cm³/mol. The molecule has 17 heavy (non-hydrogen) atoms. The Morgan fingerprint density at radius 3 is 2.76 bits per heavy atom. The Balaban J connectivity index is 2.00. The molecule has 1 saturated heterocycles. The van der Waals surface area contributed by atoms with E-state index in [4.69, 9.17) is 0 Å². The summed E-state index contributed by atoms with van der Waals surface area (Å²) in [5, 5.41) is 10.2. The summed E-state index contributed by atoms with van der Waals surface area (Å²) in [6, 6.07) is 0.406. The summed E-state index contributed by atoms with van der Waals surface area (Å²) in [6.45, 7) is 5.69. The molecular weight excluding hydrogens is 214 g/mol. The molecule has 3 atom stereocenters. The summed E-state index contributed by atoms with van der Waals surface area (Å²) in [5.41, 5.74) is -0.607. The molecular formula is C14H25NO2. The lowest BCUT2D eigenvalue weighted by Gasteiger charge is -2.34. The highest BCUT2D eigenvalue weighted by atomic mass is 16.3. The van der Waals surface area contributed by atoms with Crippen LogP contribution in [0.2, 0.25) is 0 Å². The largest absolute Gasteiger partial charge is 0.389 e. The number of hydrogen-bond donors (Lipinski definition) is 1. The van der Waals surface area contributed by atoms with E-state index in [0.29, 0.717) is 11.8 Å². The number of β-amino-alcohol motifs (C(OH)–C–C–N with tert-alkyl or cyclic N) is 1. The Morgan fingerprint density at radius 1 is 1.41 bits per heavy atom. The van der Waals surface area contributed by atoms with Gasteiger partial charge in [-0.3, -0.25) is 9.69 Å². The van der Waals surface area contributed by atoms with Gasteiger partial charge in [-0.05, 0) is 45.6 Å². The Kier molecular flexibility index (Phi) is 3.88. The van der Waals surface area contributed by atoms with Gasteiger partial charge in [0.05, 0.1) is 5.60 Å². The number of nitrogens with zero attached hydrogens (tertiary/aromatic N) is 1. The van der Waals surface area contributed by atoms with Crippen molar-refractivity contribution >= 4 is 5.78 Å². The van der Waals surface area contributed by atoms with E-state index in [1.54, 1.807) is 0 Å². The number of rotatable bonds is 4. The van der Waals surface area contributed by atoms with Crippen LogP contribution in [0.15, 0.2) is 0 Å². The second kappa shape index (κ2) is 5.07. The molecule has 1 saturated carbocycles. The molecule has 98 valence electrons. The number of Topliss-reactive ketones (excluding diaryl/α,β-unsaturated/α-hetero) is 1. The van der Waals surface area contributed by atoms with Crippen LogP contribution >= 0.6 is 0 Å². The fourth-order valence-electron chi connectivity index (χ4n) is 3.30. The van der Waals surface area contributed by atoms with E-state index in [9.17, 15) is 9.90 Å². The molecule has 0 radical (unpaired) electrons. The molecule has 3 nitrogen and oxygen atoms in total. The van der Waals surface area contributed by atoms with Gasteiger partial charge >= 0.3 is 0 Å². The summed E-state index contributed by atoms with van der Waals surface area (Å²) in [6.07, 6.45) is 5.99. The lowest BCUT2D eigenvalue weighted by molar-refractivity contribution is -0.122. The fourth-order valence-corrected chi connectivity index (χ4v) is 3.30. The molecule has 2 aliphatic rings. The van der Waals surface area contributed by atoms with Crippen molar-refractivity contribution in [1.29, 1.82) is 0 Å². The van der Waals surface area contributed by atoms with Crippen molar-refractivity contribution in [2.75, 3.05) is 13.1 Å². The number of hydrogen-bond acceptors (Lipinski definition) is 3. The minimum atomic E-state index is -0.607. The van der Waals surface area contributed by atoms with E-state index in [0.717, 1.165) is 45.2 Å². The smallest absolute Gasteiger partial charge is 0.137 e. The van der Waals surface area contributed by atoms with Gasteiger partial charge in [-0.2, -0.15) is 0 Å². The lowest BCUT2D eigenvalue weighted by atomic mass is 9.93. The topological polar surface area (TPSA) is 40.5 Å². The molecule has 0 aromatic heterocycles. The first-order chi connectivity index (χ1) is 8.03. The van der Waals surface area contributed by atoms with Crippen molar-refractivity contribution in [2.45, 2.75) is 64.0 Å². The van der Waals surface area contributed by atoms with Crippen molar-refractivity contribution in [2.24, 2.45) is 5.92 Å². The zero-order chi connectivity index (χ0) is 12.5. The van der Waals surface area contributed by atoms with Crippen LogP contribution in [0.1, 0.15) is 52.4 Å². The van der Waals surface area contributed by atoms with Crippen LogP contribution in [-0.2, 0) is 4.79 Å². The number of carbonyl (C=O) groups excluding carboxylic acids is 1. The molecule has 1 aliphatic carbocycles. The van der Waals surface area contributed by atoms with Gasteiger partial charge in [-0.15, -0.1) is 0 Å². The maximum atomic E-state index is 11.9. The van der Waals surface area contributed by atoms with Crippen molar-refractivity contribution in [3.8, 4) is 0 Å². The summed E-state index contributed by atoms with van der Waals surface area (Å²) in [5.74, 6) is 0.711. The average molecular weight is 239 g/mol. The third kappa shape index (κ3) is 2.89. The van der Waals surface area contributed by atoms with Crippen molar-refractivity contribution < 1.29 is 9.90 Å². The van der Waals surface area contributed by atoms with Gasteiger partial charge in [0, 0.05) is 24.9 Å². The Bertz CT molecular complexity index is 288. The van der Waals surface area contributed by atoms with Gasteiger partial charge in [-0.25, -0.2) is 0 Å². The SMILES string of the molecule is CCC(C)(O)CN1CCCC1C1CCCC1=O. The predicted octanol–water partition coefficient (Wildman–Crippen LogP) is 1.98. The highest BCUT2D eigenvalue weighted by molar-refractivity contribution is 5.83. The van der Waals surface area contributed by atoms with Crippen LogP contribution in [0, 0.1) is 5.92 Å². The molecule has 3 heteroatoms. The fraction of sp³-hybridized carbons (Fsp3) is 0.929. The van der Waals surface area contributed by atoms with E-state index in [1.807, 2.05) is 13.8 Å². The Morgan fingerprint density at radius 2 is 2.18 bits per heavy atom. The second-order valence-corrected chi connectivity index (χ2v) is 6.00. The molecule has 3 unspecified atom stereocenters. The Labute approximate surface area is 104 Å². The zero-order valence-electron chi connectivity index (χ0n) is 11.1. The second-order valence-electron chi connectivity index (χ2n) is 6.00. The molecule has 2 fully saturated rings. The van der Waals surface area contributed by atoms with Crippen molar-refractivity contribution in [1.82, 2.24) is 4.90 Å². The molecule has 0 aromatic carbocycles. The van der Waals surface area contributed by atoms with E-state index < -0.39 is 5.60 Å². The third-order valence-electron chi connectivity index (χ3n) is 4.54. The van der Waals surface area contributed by atoms with Gasteiger partial charge in [-0.1, -0.05) is 6.92 Å². The number of carbonyl (C=O) groups is 1. The average Bonchev–Trinajstić information content (AvgIpc) is 2.86. The maximum absolute atomic E-state index is 11.9. The molecule has 2 rings (SSSR count). The first kappa shape index (κ1) is 13.0.